The van der Waals surface area contributed by atoms with Crippen molar-refractivity contribution in [2.24, 2.45) is 0 Å². The van der Waals surface area contributed by atoms with Gasteiger partial charge in [0, 0.05) is 11.8 Å². The standard InChI is InChI=1S/C14H14N2O/c1-8-5-6-9-11(7-8)16-10-3-2-4-12(17)13(10)14(9)15/h5-7H,2-4H2,1H3,(H2,15,16). The zero-order valence-electron chi connectivity index (χ0n) is 9.79. The molecular weight excluding hydrogens is 212 g/mol. The van der Waals surface area contributed by atoms with Crippen LogP contribution in [-0.2, 0) is 6.42 Å². The minimum Gasteiger partial charge on any atom is -0.398 e. The largest absolute Gasteiger partial charge is 0.398 e. The van der Waals surface area contributed by atoms with Crippen LogP contribution in [0.15, 0.2) is 18.2 Å². The number of Topliss-reactive ketones (excluding diaryl/α,β-unsaturated/α-hetero) is 1. The Morgan fingerprint density at radius 2 is 2.12 bits per heavy atom. The fourth-order valence-electron chi connectivity index (χ4n) is 2.49. The van der Waals surface area contributed by atoms with Crippen molar-refractivity contribution in [1.82, 2.24) is 4.98 Å². The van der Waals surface area contributed by atoms with Crippen LogP contribution in [0, 0.1) is 6.92 Å². The van der Waals surface area contributed by atoms with Crippen LogP contribution in [-0.4, -0.2) is 10.8 Å². The summed E-state index contributed by atoms with van der Waals surface area (Å²) in [5, 5.41) is 0.893. The van der Waals surface area contributed by atoms with Gasteiger partial charge in [0.1, 0.15) is 0 Å². The number of aryl methyl sites for hydroxylation is 2. The van der Waals surface area contributed by atoms with Gasteiger partial charge in [-0.3, -0.25) is 9.78 Å². The van der Waals surface area contributed by atoms with Crippen molar-refractivity contribution in [3.05, 3.63) is 35.0 Å². The summed E-state index contributed by atoms with van der Waals surface area (Å²) in [4.78, 5) is 16.5. The third kappa shape index (κ3) is 1.50. The predicted octanol–water partition coefficient (Wildman–Crippen LogP) is 2.64. The molecular formula is C14H14N2O. The van der Waals surface area contributed by atoms with E-state index in [2.05, 4.69) is 4.98 Å². The van der Waals surface area contributed by atoms with Crippen molar-refractivity contribution in [3.63, 3.8) is 0 Å². The Balaban J connectivity index is 2.39. The van der Waals surface area contributed by atoms with Gasteiger partial charge in [-0.25, -0.2) is 0 Å². The maximum atomic E-state index is 11.9. The van der Waals surface area contributed by atoms with E-state index in [-0.39, 0.29) is 5.78 Å². The van der Waals surface area contributed by atoms with Gasteiger partial charge in [-0.15, -0.1) is 0 Å². The quantitative estimate of drug-likeness (QED) is 0.751. The van der Waals surface area contributed by atoms with Gasteiger partial charge >= 0.3 is 0 Å². The molecule has 2 aromatic rings. The zero-order valence-corrected chi connectivity index (χ0v) is 9.79. The molecule has 2 N–H and O–H groups in total. The van der Waals surface area contributed by atoms with E-state index in [1.807, 2.05) is 25.1 Å². The second-order valence-electron chi connectivity index (χ2n) is 4.64. The summed E-state index contributed by atoms with van der Waals surface area (Å²) in [6.07, 6.45) is 2.33. The topological polar surface area (TPSA) is 56.0 Å². The summed E-state index contributed by atoms with van der Waals surface area (Å²) < 4.78 is 0. The van der Waals surface area contributed by atoms with Crippen LogP contribution in [0.25, 0.3) is 10.9 Å². The molecule has 3 nitrogen and oxygen atoms in total. The SMILES string of the molecule is Cc1ccc2c(N)c3c(nc2c1)CCCC3=O. The third-order valence-electron chi connectivity index (χ3n) is 3.35. The summed E-state index contributed by atoms with van der Waals surface area (Å²) in [5.41, 5.74) is 10.3. The average Bonchev–Trinajstić information content (AvgIpc) is 2.28. The number of rotatable bonds is 0. The first kappa shape index (κ1) is 10.3. The van der Waals surface area contributed by atoms with Crippen LogP contribution in [0.2, 0.25) is 0 Å². The predicted molar refractivity (Wildman–Crippen MR) is 68.2 cm³/mol. The molecule has 1 aromatic heterocycles. The maximum Gasteiger partial charge on any atom is 0.166 e. The highest BCUT2D eigenvalue weighted by Crippen LogP contribution is 2.31. The van der Waals surface area contributed by atoms with Crippen molar-refractivity contribution in [1.29, 1.82) is 0 Å². The molecule has 0 unspecified atom stereocenters. The number of benzene rings is 1. The van der Waals surface area contributed by atoms with Crippen molar-refractivity contribution in [2.75, 3.05) is 5.73 Å². The summed E-state index contributed by atoms with van der Waals surface area (Å²) in [5.74, 6) is 0.138. The number of nitrogens with two attached hydrogens (primary N) is 1. The molecule has 17 heavy (non-hydrogen) atoms. The van der Waals surface area contributed by atoms with E-state index in [1.165, 1.54) is 0 Å². The fourth-order valence-corrected chi connectivity index (χ4v) is 2.49. The lowest BCUT2D eigenvalue weighted by atomic mass is 9.91. The van der Waals surface area contributed by atoms with Gasteiger partial charge in [-0.05, 0) is 31.4 Å². The Morgan fingerprint density at radius 1 is 1.29 bits per heavy atom. The van der Waals surface area contributed by atoms with E-state index in [9.17, 15) is 4.79 Å². The number of fused-ring (bicyclic) bond motifs is 2. The number of nitrogens with zero attached hydrogens (tertiary/aromatic N) is 1. The molecule has 1 heterocycles. The zero-order chi connectivity index (χ0) is 12.0. The Morgan fingerprint density at radius 3 is 2.94 bits per heavy atom. The molecule has 86 valence electrons. The lowest BCUT2D eigenvalue weighted by Gasteiger charge is -2.17. The van der Waals surface area contributed by atoms with E-state index in [4.69, 9.17) is 5.73 Å². The Bertz CT molecular complexity index is 632. The highest BCUT2D eigenvalue weighted by molar-refractivity contribution is 6.09. The summed E-state index contributed by atoms with van der Waals surface area (Å²) in [6.45, 7) is 2.03. The Labute approximate surface area is 99.7 Å². The number of aromatic nitrogens is 1. The summed E-state index contributed by atoms with van der Waals surface area (Å²) in [7, 11) is 0. The second-order valence-corrected chi connectivity index (χ2v) is 4.64. The minimum absolute atomic E-state index is 0.138. The lowest BCUT2D eigenvalue weighted by molar-refractivity contribution is 0.0973. The van der Waals surface area contributed by atoms with Crippen LogP contribution in [0.5, 0.6) is 0 Å². The summed E-state index contributed by atoms with van der Waals surface area (Å²) in [6, 6.07) is 5.97. The van der Waals surface area contributed by atoms with Gasteiger partial charge in [0.25, 0.3) is 0 Å². The number of carbonyl (C=O) groups is 1. The molecule has 3 rings (SSSR count). The van der Waals surface area contributed by atoms with E-state index < -0.39 is 0 Å². The molecule has 3 heteroatoms. The number of pyridine rings is 1. The summed E-state index contributed by atoms with van der Waals surface area (Å²) >= 11 is 0. The van der Waals surface area contributed by atoms with Crippen LogP contribution in [0.3, 0.4) is 0 Å². The normalized spacial score (nSPS) is 15.0. The maximum absolute atomic E-state index is 11.9. The van der Waals surface area contributed by atoms with Crippen molar-refractivity contribution in [3.8, 4) is 0 Å². The third-order valence-corrected chi connectivity index (χ3v) is 3.35. The molecule has 1 aliphatic carbocycles. The number of ketones is 1. The first-order valence-electron chi connectivity index (χ1n) is 5.89. The van der Waals surface area contributed by atoms with E-state index in [0.717, 1.165) is 35.0 Å². The van der Waals surface area contributed by atoms with Crippen LogP contribution < -0.4 is 5.73 Å². The lowest BCUT2D eigenvalue weighted by Crippen LogP contribution is -2.15. The molecule has 1 aliphatic rings. The highest BCUT2D eigenvalue weighted by atomic mass is 16.1. The highest BCUT2D eigenvalue weighted by Gasteiger charge is 2.22. The van der Waals surface area contributed by atoms with Gasteiger partial charge in [0.15, 0.2) is 5.78 Å². The molecule has 1 aromatic carbocycles. The van der Waals surface area contributed by atoms with Crippen molar-refractivity contribution in [2.45, 2.75) is 26.2 Å². The molecule has 0 saturated carbocycles. The number of hydrogen-bond donors (Lipinski definition) is 1. The minimum atomic E-state index is 0.138. The van der Waals surface area contributed by atoms with Gasteiger partial charge in [0.05, 0.1) is 22.5 Å². The molecule has 0 atom stereocenters. The number of anilines is 1. The molecule has 0 fully saturated rings. The number of carbonyl (C=O) groups excluding carboxylic acids is 1. The van der Waals surface area contributed by atoms with E-state index in [0.29, 0.717) is 17.7 Å². The van der Waals surface area contributed by atoms with Gasteiger partial charge in [0.2, 0.25) is 0 Å². The Kier molecular flexibility index (Phi) is 2.15. The molecule has 0 bridgehead atoms. The average molecular weight is 226 g/mol. The Hall–Kier alpha value is -1.90. The van der Waals surface area contributed by atoms with Gasteiger partial charge in [-0.2, -0.15) is 0 Å². The fraction of sp³-hybridized carbons (Fsp3) is 0.286. The first-order valence-corrected chi connectivity index (χ1v) is 5.89. The monoisotopic (exact) mass is 226 g/mol. The van der Waals surface area contributed by atoms with Crippen LogP contribution in [0.1, 0.15) is 34.5 Å². The first-order chi connectivity index (χ1) is 8.16. The van der Waals surface area contributed by atoms with Crippen molar-refractivity contribution >= 4 is 22.4 Å². The van der Waals surface area contributed by atoms with E-state index >= 15 is 0 Å². The van der Waals surface area contributed by atoms with Gasteiger partial charge < -0.3 is 5.73 Å². The smallest absolute Gasteiger partial charge is 0.166 e. The number of hydrogen-bond acceptors (Lipinski definition) is 3. The van der Waals surface area contributed by atoms with E-state index in [1.54, 1.807) is 0 Å². The molecule has 0 radical (unpaired) electrons. The molecule has 0 amide bonds. The van der Waals surface area contributed by atoms with Crippen LogP contribution >= 0.6 is 0 Å². The molecule has 0 aliphatic heterocycles. The second kappa shape index (κ2) is 3.55. The van der Waals surface area contributed by atoms with Gasteiger partial charge in [-0.1, -0.05) is 12.1 Å². The molecule has 0 saturated heterocycles. The number of nitrogen functional groups attached to an aromatic ring is 1. The molecule has 0 spiro atoms. The van der Waals surface area contributed by atoms with Crippen molar-refractivity contribution < 1.29 is 4.79 Å². The van der Waals surface area contributed by atoms with Crippen LogP contribution in [0.4, 0.5) is 5.69 Å².